The zero-order chi connectivity index (χ0) is 16.6. The monoisotopic (exact) mass is 321 g/mol. The van der Waals surface area contributed by atoms with Crippen LogP contribution in [-0.4, -0.2) is 17.1 Å². The van der Waals surface area contributed by atoms with Gasteiger partial charge in [-0.1, -0.05) is 27.2 Å². The summed E-state index contributed by atoms with van der Waals surface area (Å²) < 4.78 is 34.5. The fraction of sp³-hybridized carbons (Fsp3) is 0.579. The topological polar surface area (TPSA) is 14.2 Å². The summed E-state index contributed by atoms with van der Waals surface area (Å²) in [4.78, 5) is 0. The second kappa shape index (κ2) is 6.14. The molecule has 0 bridgehead atoms. The van der Waals surface area contributed by atoms with Crippen LogP contribution in [0, 0.1) is 0 Å². The van der Waals surface area contributed by atoms with Gasteiger partial charge in [-0.2, -0.15) is 0 Å². The number of halogens is 2. The van der Waals surface area contributed by atoms with E-state index in [1.165, 1.54) is 0 Å². The Bertz CT molecular complexity index is 682. The van der Waals surface area contributed by atoms with Gasteiger partial charge < -0.3 is 9.30 Å². The fourth-order valence-electron chi connectivity index (χ4n) is 3.32. The molecule has 0 unspecified atom stereocenters. The predicted molar refractivity (Wildman–Crippen MR) is 89.6 cm³/mol. The Morgan fingerprint density at radius 2 is 2.00 bits per heavy atom. The average Bonchev–Trinajstić information content (AvgIpc) is 2.83. The van der Waals surface area contributed by atoms with Gasteiger partial charge in [0.25, 0.3) is 5.92 Å². The largest absolute Gasteiger partial charge is 0.494 e. The smallest absolute Gasteiger partial charge is 0.252 e. The third-order valence-corrected chi connectivity index (χ3v) is 4.63. The minimum Gasteiger partial charge on any atom is -0.494 e. The van der Waals surface area contributed by atoms with Crippen LogP contribution in [0.2, 0.25) is 0 Å². The molecule has 126 valence electrons. The Hall–Kier alpha value is -1.58. The van der Waals surface area contributed by atoms with Crippen molar-refractivity contribution in [3.05, 3.63) is 30.0 Å². The molecule has 0 saturated heterocycles. The Kier molecular flexibility index (Phi) is 4.35. The molecule has 0 atom stereocenters. The van der Waals surface area contributed by atoms with Crippen LogP contribution in [-0.2, 0) is 0 Å². The summed E-state index contributed by atoms with van der Waals surface area (Å²) in [5.74, 6) is -1.34. The summed E-state index contributed by atoms with van der Waals surface area (Å²) >= 11 is 0. The molecule has 3 rings (SSSR count). The minimum absolute atomic E-state index is 0.0503. The highest BCUT2D eigenvalue weighted by Crippen LogP contribution is 2.48. The van der Waals surface area contributed by atoms with E-state index in [1.807, 2.05) is 18.2 Å². The summed E-state index contributed by atoms with van der Waals surface area (Å²) in [6.07, 6.45) is 2.04. The van der Waals surface area contributed by atoms with E-state index in [9.17, 15) is 8.78 Å². The molecule has 1 saturated carbocycles. The van der Waals surface area contributed by atoms with Gasteiger partial charge in [0, 0.05) is 35.5 Å². The lowest BCUT2D eigenvalue weighted by atomic mass is 9.87. The molecule has 0 amide bonds. The lowest BCUT2D eigenvalue weighted by Crippen LogP contribution is -2.37. The highest BCUT2D eigenvalue weighted by molar-refractivity contribution is 5.83. The van der Waals surface area contributed by atoms with Crippen LogP contribution in [0.15, 0.2) is 24.3 Å². The second-order valence-corrected chi connectivity index (χ2v) is 6.93. The van der Waals surface area contributed by atoms with E-state index >= 15 is 0 Å². The van der Waals surface area contributed by atoms with Crippen molar-refractivity contribution in [3.63, 3.8) is 0 Å². The van der Waals surface area contributed by atoms with Crippen LogP contribution < -0.4 is 4.74 Å². The maximum absolute atomic E-state index is 13.3. The van der Waals surface area contributed by atoms with Crippen molar-refractivity contribution in [3.8, 4) is 5.75 Å². The van der Waals surface area contributed by atoms with Crippen molar-refractivity contribution in [1.82, 2.24) is 4.57 Å². The van der Waals surface area contributed by atoms with Gasteiger partial charge in [0.05, 0.1) is 6.61 Å². The predicted octanol–water partition coefficient (Wildman–Crippen LogP) is 5.91. The molecule has 0 spiro atoms. The lowest BCUT2D eigenvalue weighted by molar-refractivity contribution is -0.103. The highest BCUT2D eigenvalue weighted by Gasteiger charge is 2.47. The number of fused-ring (bicyclic) bond motifs is 1. The molecule has 2 aromatic rings. The normalized spacial score (nSPS) is 17.7. The molecule has 1 heterocycles. The van der Waals surface area contributed by atoms with E-state index in [1.54, 1.807) is 0 Å². The lowest BCUT2D eigenvalue weighted by Gasteiger charge is -2.38. The molecule has 1 aromatic carbocycles. The molecule has 1 aromatic heterocycles. The van der Waals surface area contributed by atoms with Gasteiger partial charge in [0.1, 0.15) is 5.75 Å². The first-order valence-electron chi connectivity index (χ1n) is 8.57. The molecule has 4 heteroatoms. The van der Waals surface area contributed by atoms with Crippen LogP contribution in [0.1, 0.15) is 64.1 Å². The first-order valence-corrected chi connectivity index (χ1v) is 8.57. The number of hydrogen-bond acceptors (Lipinski definition) is 1. The van der Waals surface area contributed by atoms with E-state index in [0.29, 0.717) is 12.5 Å². The molecule has 0 aliphatic heterocycles. The number of ether oxygens (including phenoxy) is 1. The number of aromatic nitrogens is 1. The van der Waals surface area contributed by atoms with Crippen LogP contribution in [0.5, 0.6) is 5.75 Å². The molecule has 0 radical (unpaired) electrons. The fourth-order valence-corrected chi connectivity index (χ4v) is 3.32. The van der Waals surface area contributed by atoms with Crippen LogP contribution in [0.25, 0.3) is 10.9 Å². The zero-order valence-corrected chi connectivity index (χ0v) is 14.1. The van der Waals surface area contributed by atoms with Gasteiger partial charge in [-0.25, -0.2) is 8.78 Å². The number of hydrogen-bond donors (Lipinski definition) is 0. The summed E-state index contributed by atoms with van der Waals surface area (Å²) in [7, 11) is 0. The maximum atomic E-state index is 13.3. The van der Waals surface area contributed by atoms with Crippen molar-refractivity contribution in [2.24, 2.45) is 0 Å². The molecule has 1 aliphatic carbocycles. The zero-order valence-electron chi connectivity index (χ0n) is 14.1. The van der Waals surface area contributed by atoms with Gasteiger partial charge in [-0.05, 0) is 36.6 Å². The third-order valence-electron chi connectivity index (χ3n) is 4.63. The summed E-state index contributed by atoms with van der Waals surface area (Å²) in [5, 5.41) is 1.08. The molecule has 1 aliphatic rings. The van der Waals surface area contributed by atoms with Gasteiger partial charge in [0.2, 0.25) is 0 Å². The molecule has 0 N–H and O–H groups in total. The number of alkyl halides is 2. The van der Waals surface area contributed by atoms with Crippen molar-refractivity contribution < 1.29 is 13.5 Å². The van der Waals surface area contributed by atoms with Gasteiger partial charge in [0.15, 0.2) is 0 Å². The maximum Gasteiger partial charge on any atom is 0.252 e. The number of unbranched alkanes of at least 4 members (excludes halogenated alkanes) is 1. The molecular formula is C19H25F2NO. The van der Waals surface area contributed by atoms with Crippen molar-refractivity contribution in [2.45, 2.75) is 64.3 Å². The van der Waals surface area contributed by atoms with Crippen LogP contribution in [0.4, 0.5) is 8.78 Å². The summed E-state index contributed by atoms with van der Waals surface area (Å²) in [6.45, 7) is 7.07. The second-order valence-electron chi connectivity index (χ2n) is 6.93. The Morgan fingerprint density at radius 3 is 2.61 bits per heavy atom. The number of benzene rings is 1. The standard InChI is InChI=1S/C19H25F2NO/c1-4-5-8-23-16-6-7-17-14(9-16)10-18(13(2)3)22(17)15-11-19(20,21)12-15/h6-7,9-10,13,15H,4-5,8,11-12H2,1-3H3. The van der Waals surface area contributed by atoms with E-state index in [0.717, 1.165) is 35.2 Å². The SMILES string of the molecule is CCCCOc1ccc2c(c1)cc(C(C)C)n2C1CC(F)(F)C1. The quantitative estimate of drug-likeness (QED) is 0.603. The van der Waals surface area contributed by atoms with Crippen LogP contribution in [0.3, 0.4) is 0 Å². The van der Waals surface area contributed by atoms with Crippen molar-refractivity contribution >= 4 is 10.9 Å². The third kappa shape index (κ3) is 3.22. The Morgan fingerprint density at radius 1 is 1.26 bits per heavy atom. The molecule has 2 nitrogen and oxygen atoms in total. The molecular weight excluding hydrogens is 296 g/mol. The average molecular weight is 321 g/mol. The molecule has 1 fully saturated rings. The first kappa shape index (κ1) is 16.3. The van der Waals surface area contributed by atoms with Gasteiger partial charge in [-0.15, -0.1) is 0 Å². The van der Waals surface area contributed by atoms with Gasteiger partial charge >= 0.3 is 0 Å². The van der Waals surface area contributed by atoms with E-state index in [2.05, 4.69) is 31.4 Å². The summed E-state index contributed by atoms with van der Waals surface area (Å²) in [5.41, 5.74) is 2.17. The number of nitrogens with zero attached hydrogens (tertiary/aromatic N) is 1. The Labute approximate surface area is 136 Å². The van der Waals surface area contributed by atoms with Crippen LogP contribution >= 0.6 is 0 Å². The first-order chi connectivity index (χ1) is 10.9. The Balaban J connectivity index is 1.93. The van der Waals surface area contributed by atoms with E-state index in [4.69, 9.17) is 4.74 Å². The van der Waals surface area contributed by atoms with Crippen molar-refractivity contribution in [1.29, 1.82) is 0 Å². The highest BCUT2D eigenvalue weighted by atomic mass is 19.3. The summed E-state index contributed by atoms with van der Waals surface area (Å²) in [6, 6.07) is 8.04. The minimum atomic E-state index is -2.50. The van der Waals surface area contributed by atoms with Crippen molar-refractivity contribution in [2.75, 3.05) is 6.61 Å². The van der Waals surface area contributed by atoms with Gasteiger partial charge in [-0.3, -0.25) is 0 Å². The number of rotatable bonds is 6. The van der Waals surface area contributed by atoms with E-state index < -0.39 is 5.92 Å². The van der Waals surface area contributed by atoms with E-state index in [-0.39, 0.29) is 18.9 Å². The molecule has 23 heavy (non-hydrogen) atoms.